The first-order chi connectivity index (χ1) is 7.19. The lowest BCUT2D eigenvalue weighted by Gasteiger charge is -1.89. The summed E-state index contributed by atoms with van der Waals surface area (Å²) < 4.78 is 0. The Morgan fingerprint density at radius 1 is 1.60 bits per heavy atom. The van der Waals surface area contributed by atoms with Crippen molar-refractivity contribution in [2.75, 3.05) is 12.8 Å². The van der Waals surface area contributed by atoms with Gasteiger partial charge in [-0.15, -0.1) is 0 Å². The number of carbonyl (C=O) groups excluding carboxylic acids is 1. The molecule has 0 aliphatic carbocycles. The maximum Gasteiger partial charge on any atom is 0.278 e. The lowest BCUT2D eigenvalue weighted by molar-refractivity contribution is -0.109. The molecule has 0 aliphatic rings. The van der Waals surface area contributed by atoms with Crippen molar-refractivity contribution in [3.05, 3.63) is 16.7 Å². The van der Waals surface area contributed by atoms with E-state index in [1.165, 1.54) is 6.33 Å². The zero-order valence-electron chi connectivity index (χ0n) is 7.94. The van der Waals surface area contributed by atoms with Crippen LogP contribution in [0.3, 0.4) is 0 Å². The highest BCUT2D eigenvalue weighted by Gasteiger charge is 2.01. The molecule has 2 aromatic heterocycles. The van der Waals surface area contributed by atoms with E-state index in [4.69, 9.17) is 10.5 Å². The van der Waals surface area contributed by atoms with Crippen molar-refractivity contribution in [1.29, 1.82) is 0 Å². The largest absolute Gasteiger partial charge is 0.369 e. The highest BCUT2D eigenvalue weighted by Crippen LogP contribution is 1.98. The maximum absolute atomic E-state index is 11.0. The number of anilines is 1. The average molecular weight is 210 g/mol. The van der Waals surface area contributed by atoms with Gasteiger partial charge in [-0.25, -0.2) is 4.98 Å². The van der Waals surface area contributed by atoms with Gasteiger partial charge in [0.05, 0.1) is 6.33 Å². The first-order valence-electron chi connectivity index (χ1n) is 3.98. The molecule has 1 amide bonds. The van der Waals surface area contributed by atoms with Crippen LogP contribution in [-0.4, -0.2) is 33.4 Å². The molecule has 8 nitrogen and oxygen atoms in total. The monoisotopic (exact) mass is 210 g/mol. The fourth-order valence-electron chi connectivity index (χ4n) is 0.860. The Morgan fingerprint density at radius 2 is 2.27 bits per heavy atom. The van der Waals surface area contributed by atoms with Crippen LogP contribution in [-0.2, 0) is 4.79 Å². The van der Waals surface area contributed by atoms with E-state index >= 15 is 0 Å². The predicted molar refractivity (Wildman–Crippen MR) is 54.0 cm³/mol. The number of amides is 1. The number of aromatic nitrogens is 4. The molecule has 2 rings (SSSR count). The number of imidazole rings is 1. The molecule has 0 saturated carbocycles. The summed E-state index contributed by atoms with van der Waals surface area (Å²) >= 11 is 0. The Hall–Kier alpha value is -2.38. The highest BCUT2D eigenvalue weighted by atomic mass is 16.1. The fraction of sp³-hybridized carbons (Fsp3) is 0.143. The second kappa shape index (κ2) is 4.74. The minimum absolute atomic E-state index is 0.0783. The molecule has 2 heterocycles. The van der Waals surface area contributed by atoms with Crippen molar-refractivity contribution in [2.24, 2.45) is 0 Å². The Labute approximate surface area is 83.9 Å². The van der Waals surface area contributed by atoms with Crippen LogP contribution in [0, 0.1) is 0 Å². The van der Waals surface area contributed by atoms with Gasteiger partial charge in [-0.1, -0.05) is 0 Å². The summed E-state index contributed by atoms with van der Waals surface area (Å²) in [5.74, 6) is 0.0783. The van der Waals surface area contributed by atoms with E-state index < -0.39 is 0 Å². The molecule has 0 spiro atoms. The van der Waals surface area contributed by atoms with E-state index in [0.717, 1.165) is 0 Å². The molecule has 0 fully saturated rings. The van der Waals surface area contributed by atoms with Crippen molar-refractivity contribution in [1.82, 2.24) is 25.3 Å². The van der Waals surface area contributed by atoms with Gasteiger partial charge in [-0.2, -0.15) is 4.98 Å². The SMILES string of the molecule is CNC=O.Nc1nc2nc[nH]c2c(=O)[nH]1. The quantitative estimate of drug-likeness (QED) is 0.430. The van der Waals surface area contributed by atoms with Crippen LogP contribution in [0.4, 0.5) is 5.95 Å². The third kappa shape index (κ3) is 2.53. The topological polar surface area (TPSA) is 130 Å². The lowest BCUT2D eigenvalue weighted by atomic mass is 10.5. The fourth-order valence-corrected chi connectivity index (χ4v) is 0.860. The van der Waals surface area contributed by atoms with Crippen LogP contribution in [0.1, 0.15) is 0 Å². The second-order valence-electron chi connectivity index (χ2n) is 2.46. The van der Waals surface area contributed by atoms with E-state index in [2.05, 4.69) is 25.3 Å². The van der Waals surface area contributed by atoms with E-state index in [1.807, 2.05) is 0 Å². The Bertz CT molecular complexity index is 501. The van der Waals surface area contributed by atoms with E-state index in [-0.39, 0.29) is 11.5 Å². The number of nitrogens with zero attached hydrogens (tertiary/aromatic N) is 2. The van der Waals surface area contributed by atoms with Gasteiger partial charge < -0.3 is 16.0 Å². The summed E-state index contributed by atoms with van der Waals surface area (Å²) in [5.41, 5.74) is 5.65. The van der Waals surface area contributed by atoms with E-state index in [0.29, 0.717) is 17.6 Å². The van der Waals surface area contributed by atoms with Crippen molar-refractivity contribution < 1.29 is 4.79 Å². The van der Waals surface area contributed by atoms with E-state index in [1.54, 1.807) is 7.05 Å². The van der Waals surface area contributed by atoms with Gasteiger partial charge in [0.25, 0.3) is 5.56 Å². The number of carbonyl (C=O) groups is 1. The van der Waals surface area contributed by atoms with Gasteiger partial charge in [0, 0.05) is 7.05 Å². The van der Waals surface area contributed by atoms with Gasteiger partial charge in [0.1, 0.15) is 0 Å². The number of hydrogen-bond donors (Lipinski definition) is 4. The van der Waals surface area contributed by atoms with Crippen LogP contribution in [0.2, 0.25) is 0 Å². The van der Waals surface area contributed by atoms with Crippen molar-refractivity contribution in [3.8, 4) is 0 Å². The summed E-state index contributed by atoms with van der Waals surface area (Å²) in [4.78, 5) is 32.6. The summed E-state index contributed by atoms with van der Waals surface area (Å²) in [5, 5.41) is 2.25. The van der Waals surface area contributed by atoms with Gasteiger partial charge in [-0.05, 0) is 0 Å². The minimum Gasteiger partial charge on any atom is -0.369 e. The zero-order valence-corrected chi connectivity index (χ0v) is 7.94. The molecule has 8 heteroatoms. The number of hydrogen-bond acceptors (Lipinski definition) is 5. The molecule has 0 saturated heterocycles. The standard InChI is InChI=1S/C5H5N5O.C2H5NO/c6-5-9-3-2(4(11)10-5)7-1-8-3;1-3-2-4/h1H,(H4,6,7,8,9,10,11);2H,1H3,(H,3,4). The molecule has 0 aromatic carbocycles. The third-order valence-corrected chi connectivity index (χ3v) is 1.43. The molecular formula is C7H10N6O2. The number of nitrogen functional groups attached to an aromatic ring is 1. The number of H-pyrrole nitrogens is 2. The number of nitrogens with one attached hydrogen (secondary N) is 3. The lowest BCUT2D eigenvalue weighted by Crippen LogP contribution is -2.10. The van der Waals surface area contributed by atoms with Crippen molar-refractivity contribution in [2.45, 2.75) is 0 Å². The molecule has 5 N–H and O–H groups in total. The summed E-state index contributed by atoms with van der Waals surface area (Å²) in [6.45, 7) is 0. The number of aromatic amines is 2. The summed E-state index contributed by atoms with van der Waals surface area (Å²) in [7, 11) is 1.56. The summed E-state index contributed by atoms with van der Waals surface area (Å²) in [6.07, 6.45) is 2.02. The molecule has 0 bridgehead atoms. The van der Waals surface area contributed by atoms with Crippen LogP contribution in [0.25, 0.3) is 11.2 Å². The maximum atomic E-state index is 11.0. The zero-order chi connectivity index (χ0) is 11.3. The van der Waals surface area contributed by atoms with Crippen molar-refractivity contribution in [3.63, 3.8) is 0 Å². The molecule has 0 radical (unpaired) electrons. The molecule has 0 unspecified atom stereocenters. The van der Waals surface area contributed by atoms with Crippen LogP contribution in [0.5, 0.6) is 0 Å². The van der Waals surface area contributed by atoms with Gasteiger partial charge in [0.15, 0.2) is 11.2 Å². The Morgan fingerprint density at radius 3 is 2.87 bits per heavy atom. The van der Waals surface area contributed by atoms with Gasteiger partial charge in [0.2, 0.25) is 12.4 Å². The predicted octanol–water partition coefficient (Wildman–Crippen LogP) is -1.41. The molecule has 0 aliphatic heterocycles. The highest BCUT2D eigenvalue weighted by molar-refractivity contribution is 5.69. The first kappa shape index (κ1) is 10.7. The number of nitrogens with two attached hydrogens (primary N) is 1. The second-order valence-corrected chi connectivity index (χ2v) is 2.46. The van der Waals surface area contributed by atoms with Crippen LogP contribution < -0.4 is 16.6 Å². The van der Waals surface area contributed by atoms with E-state index in [9.17, 15) is 4.79 Å². The Balaban J connectivity index is 0.000000245. The van der Waals surface area contributed by atoms with Crippen molar-refractivity contribution >= 4 is 23.5 Å². The number of rotatable bonds is 1. The molecule has 0 atom stereocenters. The van der Waals surface area contributed by atoms with Gasteiger partial charge >= 0.3 is 0 Å². The van der Waals surface area contributed by atoms with Gasteiger partial charge in [-0.3, -0.25) is 14.6 Å². The summed E-state index contributed by atoms with van der Waals surface area (Å²) in [6, 6.07) is 0. The third-order valence-electron chi connectivity index (χ3n) is 1.43. The molecular weight excluding hydrogens is 200 g/mol. The average Bonchev–Trinajstić information content (AvgIpc) is 2.66. The van der Waals surface area contributed by atoms with Crippen LogP contribution >= 0.6 is 0 Å². The molecule has 15 heavy (non-hydrogen) atoms. The Kier molecular flexibility index (Phi) is 3.38. The molecule has 80 valence electrons. The normalized spacial score (nSPS) is 9.13. The first-order valence-corrected chi connectivity index (χ1v) is 3.98. The molecule has 2 aromatic rings. The smallest absolute Gasteiger partial charge is 0.278 e. The minimum atomic E-state index is -0.301. The number of fused-ring (bicyclic) bond motifs is 1. The van der Waals surface area contributed by atoms with Crippen LogP contribution in [0.15, 0.2) is 11.1 Å².